The molecule has 1 amide bonds. The van der Waals surface area contributed by atoms with Crippen LogP contribution in [0.2, 0.25) is 10.2 Å². The summed E-state index contributed by atoms with van der Waals surface area (Å²) in [4.78, 5) is 18.1. The number of carbonyl (C=O) groups is 1. The third-order valence-corrected chi connectivity index (χ3v) is 4.02. The summed E-state index contributed by atoms with van der Waals surface area (Å²) in [6.07, 6.45) is 1.75. The second kappa shape index (κ2) is 6.55. The number of carbonyl (C=O) groups excluding carboxylic acids is 1. The van der Waals surface area contributed by atoms with E-state index in [2.05, 4.69) is 15.2 Å². The third kappa shape index (κ3) is 3.81. The fraction of sp³-hybridized carbons (Fsp3) is 0.538. The molecule has 2 rings (SSSR count). The van der Waals surface area contributed by atoms with Crippen LogP contribution in [0.3, 0.4) is 0 Å². The molecule has 1 aromatic heterocycles. The maximum absolute atomic E-state index is 11.6. The Labute approximate surface area is 123 Å². The Balaban J connectivity index is 1.92. The molecule has 0 radical (unpaired) electrons. The summed E-state index contributed by atoms with van der Waals surface area (Å²) in [5.41, 5.74) is 0.799. The van der Waals surface area contributed by atoms with Gasteiger partial charge in [0.15, 0.2) is 0 Å². The van der Waals surface area contributed by atoms with Gasteiger partial charge in [-0.25, -0.2) is 4.98 Å². The SMILES string of the molecule is CNC(=O)C1CCN(Cc2nc(Cl)ccc2Cl)CC1. The highest BCUT2D eigenvalue weighted by atomic mass is 35.5. The molecule has 2 heterocycles. The Hall–Kier alpha value is -0.840. The van der Waals surface area contributed by atoms with Crippen molar-refractivity contribution in [3.63, 3.8) is 0 Å². The number of likely N-dealkylation sites (tertiary alicyclic amines) is 1. The van der Waals surface area contributed by atoms with E-state index in [1.54, 1.807) is 19.2 Å². The van der Waals surface area contributed by atoms with Gasteiger partial charge in [0.2, 0.25) is 5.91 Å². The van der Waals surface area contributed by atoms with Gasteiger partial charge in [-0.1, -0.05) is 23.2 Å². The van der Waals surface area contributed by atoms with Crippen LogP contribution in [-0.4, -0.2) is 35.9 Å². The molecule has 1 saturated heterocycles. The van der Waals surface area contributed by atoms with Crippen LogP contribution in [-0.2, 0) is 11.3 Å². The lowest BCUT2D eigenvalue weighted by Gasteiger charge is -2.30. The zero-order chi connectivity index (χ0) is 13.8. The predicted octanol–water partition coefficient (Wildman–Crippen LogP) is 2.35. The molecular weight excluding hydrogens is 285 g/mol. The fourth-order valence-corrected chi connectivity index (χ4v) is 2.67. The first-order valence-corrected chi connectivity index (χ1v) is 7.10. The number of aromatic nitrogens is 1. The van der Waals surface area contributed by atoms with Gasteiger partial charge in [0.1, 0.15) is 5.15 Å². The molecule has 104 valence electrons. The average molecular weight is 302 g/mol. The number of amides is 1. The highest BCUT2D eigenvalue weighted by Gasteiger charge is 2.24. The maximum atomic E-state index is 11.6. The van der Waals surface area contributed by atoms with Crippen LogP contribution in [0.5, 0.6) is 0 Å². The molecule has 1 aliphatic rings. The number of hydrogen-bond acceptors (Lipinski definition) is 3. The first-order valence-electron chi connectivity index (χ1n) is 6.35. The van der Waals surface area contributed by atoms with Gasteiger partial charge in [0, 0.05) is 19.5 Å². The molecule has 0 aromatic carbocycles. The van der Waals surface area contributed by atoms with E-state index in [1.165, 1.54) is 0 Å². The van der Waals surface area contributed by atoms with Crippen LogP contribution in [0.15, 0.2) is 12.1 Å². The highest BCUT2D eigenvalue weighted by molar-refractivity contribution is 6.32. The first-order chi connectivity index (χ1) is 9.10. The minimum atomic E-state index is 0.129. The Morgan fingerprint density at radius 2 is 2.11 bits per heavy atom. The van der Waals surface area contributed by atoms with Gasteiger partial charge in [-0.05, 0) is 38.1 Å². The summed E-state index contributed by atoms with van der Waals surface area (Å²) in [7, 11) is 1.68. The minimum Gasteiger partial charge on any atom is -0.359 e. The smallest absolute Gasteiger partial charge is 0.222 e. The molecule has 4 nitrogen and oxygen atoms in total. The van der Waals surface area contributed by atoms with Gasteiger partial charge in [-0.15, -0.1) is 0 Å². The zero-order valence-electron chi connectivity index (χ0n) is 10.8. The van der Waals surface area contributed by atoms with Crippen molar-refractivity contribution in [1.29, 1.82) is 0 Å². The summed E-state index contributed by atoms with van der Waals surface area (Å²) in [5, 5.41) is 3.80. The Kier molecular flexibility index (Phi) is 5.02. The summed E-state index contributed by atoms with van der Waals surface area (Å²) in [6, 6.07) is 3.45. The van der Waals surface area contributed by atoms with E-state index in [4.69, 9.17) is 23.2 Å². The van der Waals surface area contributed by atoms with E-state index in [9.17, 15) is 4.79 Å². The number of piperidine rings is 1. The Morgan fingerprint density at radius 3 is 2.74 bits per heavy atom. The molecule has 0 atom stereocenters. The van der Waals surface area contributed by atoms with Crippen molar-refractivity contribution >= 4 is 29.1 Å². The lowest BCUT2D eigenvalue weighted by molar-refractivity contribution is -0.125. The molecule has 6 heteroatoms. The molecule has 19 heavy (non-hydrogen) atoms. The number of nitrogens with one attached hydrogen (secondary N) is 1. The number of nitrogens with zero attached hydrogens (tertiary/aromatic N) is 2. The van der Waals surface area contributed by atoms with Crippen LogP contribution in [0, 0.1) is 5.92 Å². The highest BCUT2D eigenvalue weighted by Crippen LogP contribution is 2.22. The quantitative estimate of drug-likeness (QED) is 0.872. The van der Waals surface area contributed by atoms with Crippen molar-refractivity contribution in [2.24, 2.45) is 5.92 Å². The number of halogens is 2. The van der Waals surface area contributed by atoms with E-state index in [1.807, 2.05) is 0 Å². The van der Waals surface area contributed by atoms with Crippen molar-refractivity contribution < 1.29 is 4.79 Å². The average Bonchev–Trinajstić information content (AvgIpc) is 2.43. The van der Waals surface area contributed by atoms with Crippen molar-refractivity contribution in [2.75, 3.05) is 20.1 Å². The van der Waals surface area contributed by atoms with Crippen LogP contribution in [0.4, 0.5) is 0 Å². The van der Waals surface area contributed by atoms with E-state index in [0.717, 1.165) is 31.6 Å². The third-order valence-electron chi connectivity index (χ3n) is 3.46. The lowest BCUT2D eigenvalue weighted by atomic mass is 9.96. The topological polar surface area (TPSA) is 45.2 Å². The summed E-state index contributed by atoms with van der Waals surface area (Å²) >= 11 is 12.0. The van der Waals surface area contributed by atoms with Gasteiger partial charge >= 0.3 is 0 Å². The van der Waals surface area contributed by atoms with E-state index >= 15 is 0 Å². The van der Waals surface area contributed by atoms with Crippen LogP contribution < -0.4 is 5.32 Å². The summed E-state index contributed by atoms with van der Waals surface area (Å²) in [5.74, 6) is 0.266. The number of rotatable bonds is 3. The standard InChI is InChI=1S/C13H17Cl2N3O/c1-16-13(19)9-4-6-18(7-5-9)8-11-10(14)2-3-12(15)17-11/h2-3,9H,4-8H2,1H3,(H,16,19). The van der Waals surface area contributed by atoms with Crippen molar-refractivity contribution in [2.45, 2.75) is 19.4 Å². The monoisotopic (exact) mass is 301 g/mol. The van der Waals surface area contributed by atoms with Crippen LogP contribution in [0.1, 0.15) is 18.5 Å². The molecule has 0 saturated carbocycles. The lowest BCUT2D eigenvalue weighted by Crippen LogP contribution is -2.39. The summed E-state index contributed by atoms with van der Waals surface area (Å²) in [6.45, 7) is 2.44. The molecule has 0 unspecified atom stereocenters. The first kappa shape index (κ1) is 14.6. The second-order valence-corrected chi connectivity index (χ2v) is 5.52. The largest absolute Gasteiger partial charge is 0.359 e. The molecule has 0 spiro atoms. The van der Waals surface area contributed by atoms with E-state index in [-0.39, 0.29) is 11.8 Å². The molecule has 0 bridgehead atoms. The van der Waals surface area contributed by atoms with Crippen LogP contribution >= 0.6 is 23.2 Å². The Morgan fingerprint density at radius 1 is 1.42 bits per heavy atom. The predicted molar refractivity (Wildman–Crippen MR) is 76.3 cm³/mol. The number of pyridine rings is 1. The van der Waals surface area contributed by atoms with Gasteiger partial charge in [-0.2, -0.15) is 0 Å². The van der Waals surface area contributed by atoms with Gasteiger partial charge in [0.05, 0.1) is 10.7 Å². The van der Waals surface area contributed by atoms with Crippen molar-refractivity contribution in [3.05, 3.63) is 28.0 Å². The normalized spacial score (nSPS) is 17.4. The maximum Gasteiger partial charge on any atom is 0.222 e. The molecule has 1 aromatic rings. The zero-order valence-corrected chi connectivity index (χ0v) is 12.3. The van der Waals surface area contributed by atoms with E-state index in [0.29, 0.717) is 16.7 Å². The molecule has 1 aliphatic heterocycles. The minimum absolute atomic E-state index is 0.129. The van der Waals surface area contributed by atoms with Crippen molar-refractivity contribution in [3.8, 4) is 0 Å². The summed E-state index contributed by atoms with van der Waals surface area (Å²) < 4.78 is 0. The molecular formula is C13H17Cl2N3O. The molecule has 1 fully saturated rings. The molecule has 1 N–H and O–H groups in total. The number of hydrogen-bond donors (Lipinski definition) is 1. The van der Waals surface area contributed by atoms with Crippen molar-refractivity contribution in [1.82, 2.24) is 15.2 Å². The van der Waals surface area contributed by atoms with Gasteiger partial charge < -0.3 is 5.32 Å². The van der Waals surface area contributed by atoms with Gasteiger partial charge in [-0.3, -0.25) is 9.69 Å². The Bertz CT molecular complexity index is 459. The molecule has 0 aliphatic carbocycles. The van der Waals surface area contributed by atoms with Crippen LogP contribution in [0.25, 0.3) is 0 Å². The fourth-order valence-electron chi connectivity index (χ4n) is 2.34. The second-order valence-electron chi connectivity index (χ2n) is 4.73. The van der Waals surface area contributed by atoms with E-state index < -0.39 is 0 Å². The van der Waals surface area contributed by atoms with Gasteiger partial charge in [0.25, 0.3) is 0 Å².